The average Bonchev–Trinajstić information content (AvgIpc) is 3.33. The van der Waals surface area contributed by atoms with Crippen molar-refractivity contribution in [1.82, 2.24) is 4.90 Å². The van der Waals surface area contributed by atoms with Crippen molar-refractivity contribution in [2.24, 2.45) is 5.73 Å². The molecule has 110 valence electrons. The zero-order valence-corrected chi connectivity index (χ0v) is 13.7. The molecular weight excluding hydrogens is 324 g/mol. The van der Waals surface area contributed by atoms with E-state index in [2.05, 4.69) is 75.4 Å². The van der Waals surface area contributed by atoms with Gasteiger partial charge in [0.15, 0.2) is 0 Å². The summed E-state index contributed by atoms with van der Waals surface area (Å²) in [5, 5.41) is 0. The van der Waals surface area contributed by atoms with E-state index in [-0.39, 0.29) is 6.04 Å². The highest BCUT2D eigenvalue weighted by Crippen LogP contribution is 2.36. The highest BCUT2D eigenvalue weighted by Gasteiger charge is 2.34. The third-order valence-corrected chi connectivity index (χ3v) is 4.57. The molecule has 1 saturated carbocycles. The Morgan fingerprint density at radius 2 is 1.86 bits per heavy atom. The zero-order chi connectivity index (χ0) is 14.7. The van der Waals surface area contributed by atoms with Crippen LogP contribution in [0, 0.1) is 0 Å². The molecule has 1 fully saturated rings. The summed E-state index contributed by atoms with van der Waals surface area (Å²) in [6, 6.07) is 20.2. The van der Waals surface area contributed by atoms with E-state index in [9.17, 15) is 0 Å². The Labute approximate surface area is 135 Å². The van der Waals surface area contributed by atoms with Gasteiger partial charge in [0, 0.05) is 29.6 Å². The summed E-state index contributed by atoms with van der Waals surface area (Å²) in [7, 11) is 0. The van der Waals surface area contributed by atoms with Crippen molar-refractivity contribution in [2.75, 3.05) is 6.54 Å². The topological polar surface area (TPSA) is 29.3 Å². The molecule has 0 spiro atoms. The SMILES string of the molecule is NCC(c1cccc(Br)c1)N(Cc1ccccc1)C1CC1. The van der Waals surface area contributed by atoms with Crippen LogP contribution in [0.4, 0.5) is 0 Å². The number of nitrogens with two attached hydrogens (primary N) is 1. The highest BCUT2D eigenvalue weighted by molar-refractivity contribution is 9.10. The normalized spacial score (nSPS) is 16.1. The molecule has 0 radical (unpaired) electrons. The molecule has 0 saturated heterocycles. The fourth-order valence-electron chi connectivity index (χ4n) is 2.87. The molecule has 2 N–H and O–H groups in total. The first-order valence-electron chi connectivity index (χ1n) is 7.53. The van der Waals surface area contributed by atoms with Crippen molar-refractivity contribution < 1.29 is 0 Å². The summed E-state index contributed by atoms with van der Waals surface area (Å²) in [5.41, 5.74) is 8.78. The first kappa shape index (κ1) is 14.8. The molecule has 1 atom stereocenters. The van der Waals surface area contributed by atoms with Crippen LogP contribution in [0.3, 0.4) is 0 Å². The molecule has 1 aliphatic rings. The van der Waals surface area contributed by atoms with E-state index in [1.165, 1.54) is 24.0 Å². The van der Waals surface area contributed by atoms with Crippen molar-refractivity contribution in [3.8, 4) is 0 Å². The third-order valence-electron chi connectivity index (χ3n) is 4.08. The molecule has 1 unspecified atom stereocenters. The average molecular weight is 345 g/mol. The lowest BCUT2D eigenvalue weighted by atomic mass is 10.0. The maximum Gasteiger partial charge on any atom is 0.0477 e. The number of hydrogen-bond acceptors (Lipinski definition) is 2. The second kappa shape index (κ2) is 6.73. The van der Waals surface area contributed by atoms with Crippen LogP contribution in [0.15, 0.2) is 59.1 Å². The lowest BCUT2D eigenvalue weighted by molar-refractivity contribution is 0.182. The van der Waals surface area contributed by atoms with Crippen LogP contribution >= 0.6 is 15.9 Å². The van der Waals surface area contributed by atoms with Crippen molar-refractivity contribution in [3.63, 3.8) is 0 Å². The van der Waals surface area contributed by atoms with Gasteiger partial charge in [-0.3, -0.25) is 4.90 Å². The van der Waals surface area contributed by atoms with Crippen LogP contribution in [0.1, 0.15) is 30.0 Å². The number of benzene rings is 2. The van der Waals surface area contributed by atoms with E-state index in [0.29, 0.717) is 12.6 Å². The van der Waals surface area contributed by atoms with Gasteiger partial charge in [0.25, 0.3) is 0 Å². The Kier molecular flexibility index (Phi) is 4.73. The summed E-state index contributed by atoms with van der Waals surface area (Å²) >= 11 is 3.57. The Hall–Kier alpha value is -1.16. The minimum Gasteiger partial charge on any atom is -0.329 e. The van der Waals surface area contributed by atoms with Gasteiger partial charge in [0.2, 0.25) is 0 Å². The maximum absolute atomic E-state index is 6.12. The zero-order valence-electron chi connectivity index (χ0n) is 12.1. The van der Waals surface area contributed by atoms with Crippen LogP contribution in [-0.2, 0) is 6.54 Å². The van der Waals surface area contributed by atoms with Gasteiger partial charge in [0.05, 0.1) is 0 Å². The van der Waals surface area contributed by atoms with Crippen molar-refractivity contribution in [2.45, 2.75) is 31.5 Å². The van der Waals surface area contributed by atoms with Gasteiger partial charge in [-0.2, -0.15) is 0 Å². The fourth-order valence-corrected chi connectivity index (χ4v) is 3.29. The largest absolute Gasteiger partial charge is 0.329 e. The van der Waals surface area contributed by atoms with E-state index in [4.69, 9.17) is 5.73 Å². The van der Waals surface area contributed by atoms with Gasteiger partial charge in [-0.25, -0.2) is 0 Å². The maximum atomic E-state index is 6.12. The summed E-state index contributed by atoms with van der Waals surface area (Å²) in [4.78, 5) is 2.57. The monoisotopic (exact) mass is 344 g/mol. The number of nitrogens with zero attached hydrogens (tertiary/aromatic N) is 1. The first-order chi connectivity index (χ1) is 10.3. The molecule has 1 aliphatic carbocycles. The fraction of sp³-hybridized carbons (Fsp3) is 0.333. The summed E-state index contributed by atoms with van der Waals surface area (Å²) in [5.74, 6) is 0. The minimum absolute atomic E-state index is 0.287. The first-order valence-corrected chi connectivity index (χ1v) is 8.32. The molecule has 0 heterocycles. The van der Waals surface area contributed by atoms with Gasteiger partial charge in [0.1, 0.15) is 0 Å². The van der Waals surface area contributed by atoms with E-state index >= 15 is 0 Å². The van der Waals surface area contributed by atoms with Gasteiger partial charge in [-0.15, -0.1) is 0 Å². The molecule has 21 heavy (non-hydrogen) atoms. The number of hydrogen-bond donors (Lipinski definition) is 1. The molecule has 2 aromatic rings. The van der Waals surface area contributed by atoms with Crippen LogP contribution in [0.2, 0.25) is 0 Å². The van der Waals surface area contributed by atoms with Gasteiger partial charge >= 0.3 is 0 Å². The lowest BCUT2D eigenvalue weighted by Crippen LogP contribution is -2.35. The molecule has 3 heteroatoms. The van der Waals surface area contributed by atoms with E-state index < -0.39 is 0 Å². The summed E-state index contributed by atoms with van der Waals surface area (Å²) in [6.07, 6.45) is 2.58. The minimum atomic E-state index is 0.287. The molecule has 0 amide bonds. The Morgan fingerprint density at radius 3 is 2.48 bits per heavy atom. The van der Waals surface area contributed by atoms with Gasteiger partial charge in [-0.1, -0.05) is 58.4 Å². The predicted molar refractivity (Wildman–Crippen MR) is 90.9 cm³/mol. The smallest absolute Gasteiger partial charge is 0.0477 e. The quantitative estimate of drug-likeness (QED) is 0.854. The van der Waals surface area contributed by atoms with Crippen LogP contribution in [0.25, 0.3) is 0 Å². The van der Waals surface area contributed by atoms with Crippen LogP contribution in [-0.4, -0.2) is 17.5 Å². The van der Waals surface area contributed by atoms with Crippen molar-refractivity contribution in [1.29, 1.82) is 0 Å². The summed E-state index contributed by atoms with van der Waals surface area (Å²) < 4.78 is 1.12. The molecule has 2 aromatic carbocycles. The van der Waals surface area contributed by atoms with Crippen LogP contribution < -0.4 is 5.73 Å². The van der Waals surface area contributed by atoms with E-state index in [1.54, 1.807) is 0 Å². The molecule has 2 nitrogen and oxygen atoms in total. The number of rotatable bonds is 6. The van der Waals surface area contributed by atoms with Crippen molar-refractivity contribution in [3.05, 3.63) is 70.2 Å². The molecule has 0 aromatic heterocycles. The predicted octanol–water partition coefficient (Wildman–Crippen LogP) is 4.11. The molecule has 0 aliphatic heterocycles. The Morgan fingerprint density at radius 1 is 1.10 bits per heavy atom. The molecular formula is C18H21BrN2. The standard InChI is InChI=1S/C18H21BrN2/c19-16-8-4-7-15(11-16)18(12-20)21(17-9-10-17)13-14-5-2-1-3-6-14/h1-8,11,17-18H,9-10,12-13,20H2. The lowest BCUT2D eigenvalue weighted by Gasteiger charge is -2.31. The summed E-state index contributed by atoms with van der Waals surface area (Å²) in [6.45, 7) is 1.62. The second-order valence-corrected chi connectivity index (χ2v) is 6.61. The van der Waals surface area contributed by atoms with Gasteiger partial charge < -0.3 is 5.73 Å². The number of halogens is 1. The van der Waals surface area contributed by atoms with E-state index in [1.807, 2.05) is 0 Å². The second-order valence-electron chi connectivity index (χ2n) is 5.70. The van der Waals surface area contributed by atoms with E-state index in [0.717, 1.165) is 11.0 Å². The Balaban J connectivity index is 1.84. The highest BCUT2D eigenvalue weighted by atomic mass is 79.9. The molecule has 3 rings (SSSR count). The van der Waals surface area contributed by atoms with Crippen molar-refractivity contribution >= 4 is 15.9 Å². The van der Waals surface area contributed by atoms with Crippen LogP contribution in [0.5, 0.6) is 0 Å². The van der Waals surface area contributed by atoms with Gasteiger partial charge in [-0.05, 0) is 36.1 Å². The third kappa shape index (κ3) is 3.73. The Bertz CT molecular complexity index is 581. The molecule has 0 bridgehead atoms.